The third kappa shape index (κ3) is 13.8. The van der Waals surface area contributed by atoms with E-state index in [-0.39, 0.29) is 87.3 Å². The number of aliphatic hydroxyl groups is 1. The first-order valence-electron chi connectivity index (χ1n) is 22.3. The zero-order valence-corrected chi connectivity index (χ0v) is 38.3. The van der Waals surface area contributed by atoms with E-state index < -0.39 is 35.6 Å². The maximum absolute atomic E-state index is 13.7. The number of imide groups is 1. The van der Waals surface area contributed by atoms with E-state index >= 15 is 0 Å². The molecule has 4 aromatic rings. The van der Waals surface area contributed by atoms with Gasteiger partial charge < -0.3 is 46.7 Å². The van der Waals surface area contributed by atoms with Crippen LogP contribution in [-0.4, -0.2) is 102 Å². The minimum absolute atomic E-state index is 0.0679. The number of amides is 7. The number of para-hydroxylation sites is 1. The normalized spacial score (nSPS) is 13.6. The van der Waals surface area contributed by atoms with Crippen LogP contribution in [0.1, 0.15) is 91.0 Å². The number of carbonyl (C=O) groups excluding carboxylic acids is 7. The summed E-state index contributed by atoms with van der Waals surface area (Å²) in [6.07, 6.45) is 4.07. The summed E-state index contributed by atoms with van der Waals surface area (Å²) >= 11 is 0. The first-order chi connectivity index (χ1) is 31.3. The molecule has 19 nitrogen and oxygen atoms in total. The van der Waals surface area contributed by atoms with E-state index in [9.17, 15) is 38.7 Å². The Morgan fingerprint density at radius 1 is 0.939 bits per heavy atom. The number of hydrogen-bond donors (Lipinski definition) is 6. The molecule has 2 atom stereocenters. The van der Waals surface area contributed by atoms with Crippen LogP contribution in [0.4, 0.5) is 21.1 Å². The Balaban J connectivity index is 1.17. The van der Waals surface area contributed by atoms with Gasteiger partial charge in [-0.2, -0.15) is 0 Å². The number of nitrogens with two attached hydrogens (primary N) is 2. The van der Waals surface area contributed by atoms with Crippen LogP contribution in [0, 0.1) is 11.8 Å². The number of imidazole rings is 1. The van der Waals surface area contributed by atoms with Crippen molar-refractivity contribution >= 4 is 75.0 Å². The molecule has 5 rings (SSSR count). The standard InChI is InChI=1S/C47H62N10O9/c1-6-55(26-36-53-41-42(57(36)28-47(4,5)65)33-14-9-10-15-34(33)52-43(41)48)46(64)66-27-30-17-19-32(20-18-30)51-44(62)31(13-12-23-50-45(49)63)25-35(58)40(29(2)3)54-37(59)16-8-7-11-24-56-38(60)21-22-39(56)61/h9-10,14-15,17-22,29,31,40,65H,6-8,11-13,16,23-28H2,1-5H3,(H2,48,52)(H,51,62)(H,54,59)(H3,49,50,63)/t31-,40+/m1/s1. The Morgan fingerprint density at radius 3 is 2.29 bits per heavy atom. The molecular formula is C47H62N10O9. The number of pyridine rings is 1. The van der Waals surface area contributed by atoms with Gasteiger partial charge in [0.1, 0.15) is 17.9 Å². The molecule has 0 spiro atoms. The first kappa shape index (κ1) is 50.1. The van der Waals surface area contributed by atoms with Gasteiger partial charge in [0.05, 0.1) is 35.8 Å². The van der Waals surface area contributed by atoms with Crippen LogP contribution < -0.4 is 27.4 Å². The Morgan fingerprint density at radius 2 is 1.64 bits per heavy atom. The monoisotopic (exact) mass is 910 g/mol. The SMILES string of the molecule is CCN(Cc1nc2c(N)nc3ccccc3c2n1CC(C)(C)O)C(=O)OCc1ccc(NC(=O)[C@H](CCCNC(N)=O)CC(=O)[C@@H](NC(=O)CCCCCN2C(=O)C=CC2=O)C(C)C)cc1. The van der Waals surface area contributed by atoms with Gasteiger partial charge in [-0.15, -0.1) is 0 Å². The van der Waals surface area contributed by atoms with Crippen molar-refractivity contribution in [2.75, 3.05) is 30.7 Å². The number of nitrogen functional groups attached to an aromatic ring is 1. The summed E-state index contributed by atoms with van der Waals surface area (Å²) in [6.45, 7) is 9.74. The van der Waals surface area contributed by atoms with Gasteiger partial charge >= 0.3 is 12.1 Å². The van der Waals surface area contributed by atoms with Gasteiger partial charge in [-0.05, 0) is 76.1 Å². The number of nitrogens with zero attached hydrogens (tertiary/aromatic N) is 5. The molecule has 66 heavy (non-hydrogen) atoms. The van der Waals surface area contributed by atoms with Crippen molar-refractivity contribution in [2.24, 2.45) is 17.6 Å². The average molecular weight is 911 g/mol. The number of nitrogens with one attached hydrogen (secondary N) is 3. The van der Waals surface area contributed by atoms with E-state index in [0.29, 0.717) is 65.9 Å². The molecule has 0 fully saturated rings. The van der Waals surface area contributed by atoms with Gasteiger partial charge in [0.25, 0.3) is 11.8 Å². The van der Waals surface area contributed by atoms with Crippen molar-refractivity contribution in [3.63, 3.8) is 0 Å². The molecule has 354 valence electrons. The second kappa shape index (κ2) is 22.8. The molecule has 0 aliphatic carbocycles. The zero-order valence-electron chi connectivity index (χ0n) is 38.3. The van der Waals surface area contributed by atoms with Gasteiger partial charge in [-0.3, -0.25) is 28.9 Å². The third-order valence-electron chi connectivity index (χ3n) is 11.2. The van der Waals surface area contributed by atoms with E-state index in [1.165, 1.54) is 17.1 Å². The number of ketones is 1. The Labute approximate surface area is 383 Å². The van der Waals surface area contributed by atoms with E-state index in [1.807, 2.05) is 35.8 Å². The van der Waals surface area contributed by atoms with Crippen molar-refractivity contribution < 1.29 is 43.4 Å². The van der Waals surface area contributed by atoms with E-state index in [0.717, 1.165) is 10.3 Å². The molecule has 0 saturated heterocycles. The van der Waals surface area contributed by atoms with Crippen molar-refractivity contribution in [3.05, 3.63) is 72.1 Å². The molecule has 0 radical (unpaired) electrons. The van der Waals surface area contributed by atoms with Crippen molar-refractivity contribution in [3.8, 4) is 0 Å². The number of urea groups is 1. The van der Waals surface area contributed by atoms with Crippen LogP contribution >= 0.6 is 0 Å². The molecule has 0 unspecified atom stereocenters. The molecule has 3 heterocycles. The van der Waals surface area contributed by atoms with Crippen molar-refractivity contribution in [2.45, 2.75) is 111 Å². The summed E-state index contributed by atoms with van der Waals surface area (Å²) in [5.74, 6) is -2.11. The molecule has 0 saturated carbocycles. The Hall–Kier alpha value is -6.89. The average Bonchev–Trinajstić information content (AvgIpc) is 3.78. The minimum Gasteiger partial charge on any atom is -0.445 e. The molecule has 1 aliphatic heterocycles. The summed E-state index contributed by atoms with van der Waals surface area (Å²) in [5.41, 5.74) is 13.4. The van der Waals surface area contributed by atoms with Crippen LogP contribution in [0.5, 0.6) is 0 Å². The van der Waals surface area contributed by atoms with Crippen LogP contribution in [-0.2, 0) is 48.4 Å². The number of unbranched alkanes of at least 4 members (excludes halogenated alkanes) is 2. The molecule has 8 N–H and O–H groups in total. The fourth-order valence-corrected chi connectivity index (χ4v) is 7.73. The number of rotatable bonds is 24. The topological polar surface area (TPSA) is 274 Å². The Bertz CT molecular complexity index is 2420. The lowest BCUT2D eigenvalue weighted by Gasteiger charge is -2.24. The largest absolute Gasteiger partial charge is 0.445 e. The number of benzene rings is 2. The van der Waals surface area contributed by atoms with Gasteiger partial charge in [-0.1, -0.05) is 50.6 Å². The van der Waals surface area contributed by atoms with Gasteiger partial charge in [-0.25, -0.2) is 19.6 Å². The van der Waals surface area contributed by atoms with E-state index in [4.69, 9.17) is 21.2 Å². The highest BCUT2D eigenvalue weighted by Crippen LogP contribution is 2.31. The highest BCUT2D eigenvalue weighted by Gasteiger charge is 2.30. The predicted octanol–water partition coefficient (Wildman–Crippen LogP) is 4.68. The number of ether oxygens (including phenoxy) is 1. The molecule has 2 aromatic carbocycles. The van der Waals surface area contributed by atoms with Gasteiger partial charge in [0, 0.05) is 61.6 Å². The lowest BCUT2D eigenvalue weighted by molar-refractivity contribution is -0.137. The highest BCUT2D eigenvalue weighted by molar-refractivity contribution is 6.13. The van der Waals surface area contributed by atoms with E-state index in [2.05, 4.69) is 20.9 Å². The summed E-state index contributed by atoms with van der Waals surface area (Å²) < 4.78 is 7.58. The summed E-state index contributed by atoms with van der Waals surface area (Å²) in [7, 11) is 0. The lowest BCUT2D eigenvalue weighted by atomic mass is 9.89. The fraction of sp³-hybridized carbons (Fsp3) is 0.468. The molecule has 2 aromatic heterocycles. The smallest absolute Gasteiger partial charge is 0.410 e. The maximum Gasteiger partial charge on any atom is 0.410 e. The number of primary amides is 1. The molecule has 19 heteroatoms. The maximum atomic E-state index is 13.7. The number of anilines is 2. The fourth-order valence-electron chi connectivity index (χ4n) is 7.73. The predicted molar refractivity (Wildman–Crippen MR) is 248 cm³/mol. The molecular weight excluding hydrogens is 849 g/mol. The molecule has 0 bridgehead atoms. The summed E-state index contributed by atoms with van der Waals surface area (Å²) in [5, 5.41) is 19.9. The first-order valence-corrected chi connectivity index (χ1v) is 22.3. The lowest BCUT2D eigenvalue weighted by Crippen LogP contribution is -2.45. The molecule has 1 aliphatic rings. The van der Waals surface area contributed by atoms with Crippen LogP contribution in [0.25, 0.3) is 21.9 Å². The molecule has 7 amide bonds. The van der Waals surface area contributed by atoms with Crippen LogP contribution in [0.3, 0.4) is 0 Å². The van der Waals surface area contributed by atoms with Crippen molar-refractivity contribution in [1.29, 1.82) is 0 Å². The second-order valence-corrected chi connectivity index (χ2v) is 17.5. The highest BCUT2D eigenvalue weighted by atomic mass is 16.6. The number of hydrogen-bond acceptors (Lipinski definition) is 12. The van der Waals surface area contributed by atoms with E-state index in [1.54, 1.807) is 52.0 Å². The van der Waals surface area contributed by atoms with Crippen molar-refractivity contribution in [1.82, 2.24) is 35.0 Å². The van der Waals surface area contributed by atoms with Crippen LogP contribution in [0.15, 0.2) is 60.7 Å². The van der Waals surface area contributed by atoms with Gasteiger partial charge in [0.2, 0.25) is 11.8 Å². The second-order valence-electron chi connectivity index (χ2n) is 17.5. The third-order valence-corrected chi connectivity index (χ3v) is 11.2. The number of carbonyl (C=O) groups is 7. The zero-order chi connectivity index (χ0) is 48.1. The number of fused-ring (bicyclic) bond motifs is 3. The number of aromatic nitrogens is 3. The van der Waals surface area contributed by atoms with Gasteiger partial charge in [0.15, 0.2) is 11.6 Å². The number of Topliss-reactive ketones (excluding diaryl/α,β-unsaturated/α-hetero) is 1. The summed E-state index contributed by atoms with van der Waals surface area (Å²) in [6, 6.07) is 12.7. The Kier molecular flexibility index (Phi) is 17.3. The summed E-state index contributed by atoms with van der Waals surface area (Å²) in [4.78, 5) is 101. The van der Waals surface area contributed by atoms with Crippen LogP contribution in [0.2, 0.25) is 0 Å². The minimum atomic E-state index is -1.12. The quantitative estimate of drug-likeness (QED) is 0.0413.